The molecule has 1 fully saturated rings. The summed E-state index contributed by atoms with van der Waals surface area (Å²) in [5.41, 5.74) is 0.0846. The summed E-state index contributed by atoms with van der Waals surface area (Å²) in [6.07, 6.45) is 1.53. The topological polar surface area (TPSA) is 75.3 Å². The van der Waals surface area contributed by atoms with Crippen molar-refractivity contribution in [3.63, 3.8) is 0 Å². The number of sulfonamides is 1. The maximum Gasteiger partial charge on any atom is 0.241 e. The first kappa shape index (κ1) is 14.3. The zero-order valence-electron chi connectivity index (χ0n) is 10.4. The van der Waals surface area contributed by atoms with Gasteiger partial charge in [-0.2, -0.15) is 0 Å². The molecule has 0 bridgehead atoms. The summed E-state index contributed by atoms with van der Waals surface area (Å²) in [6, 6.07) is 6.02. The van der Waals surface area contributed by atoms with Crippen LogP contribution >= 0.6 is 11.6 Å². The van der Waals surface area contributed by atoms with Gasteiger partial charge in [-0.15, -0.1) is 11.6 Å². The number of alkyl halides is 1. The largest absolute Gasteiger partial charge is 0.326 e. The number of anilines is 1. The molecule has 1 saturated carbocycles. The Bertz CT molecular complexity index is 579. The number of rotatable bonds is 5. The Balaban J connectivity index is 2.14. The van der Waals surface area contributed by atoms with Crippen LogP contribution in [-0.4, -0.2) is 25.7 Å². The first-order valence-electron chi connectivity index (χ1n) is 5.84. The van der Waals surface area contributed by atoms with E-state index < -0.39 is 15.6 Å². The molecule has 0 heterocycles. The number of benzene rings is 1. The Morgan fingerprint density at radius 2 is 1.89 bits per heavy atom. The van der Waals surface area contributed by atoms with Crippen molar-refractivity contribution in [3.8, 4) is 0 Å². The van der Waals surface area contributed by atoms with Crippen LogP contribution in [0.15, 0.2) is 29.2 Å². The molecule has 1 aliphatic rings. The van der Waals surface area contributed by atoms with Gasteiger partial charge in [0.15, 0.2) is 0 Å². The second kappa shape index (κ2) is 5.11. The van der Waals surface area contributed by atoms with Crippen molar-refractivity contribution in [2.24, 2.45) is 0 Å². The molecule has 1 amide bonds. The van der Waals surface area contributed by atoms with E-state index in [2.05, 4.69) is 10.0 Å². The summed E-state index contributed by atoms with van der Waals surface area (Å²) >= 11 is 5.76. The molecule has 7 heteroatoms. The Hall–Kier alpha value is -1.11. The molecule has 5 nitrogen and oxygen atoms in total. The van der Waals surface area contributed by atoms with Crippen LogP contribution in [0.1, 0.15) is 19.8 Å². The highest BCUT2D eigenvalue weighted by atomic mass is 35.5. The van der Waals surface area contributed by atoms with Gasteiger partial charge in [0.05, 0.1) is 4.90 Å². The molecule has 104 valence electrons. The minimum atomic E-state index is -3.56. The van der Waals surface area contributed by atoms with Gasteiger partial charge in [0.1, 0.15) is 0 Å². The average Bonchev–Trinajstić information content (AvgIpc) is 3.09. The summed E-state index contributed by atoms with van der Waals surface area (Å²) in [6.45, 7) is 1.39. The number of carbonyl (C=O) groups excluding carboxylic acids is 1. The molecule has 0 atom stereocenters. The van der Waals surface area contributed by atoms with Crippen molar-refractivity contribution >= 4 is 33.2 Å². The minimum Gasteiger partial charge on any atom is -0.326 e. The van der Waals surface area contributed by atoms with E-state index in [0.29, 0.717) is 5.69 Å². The van der Waals surface area contributed by atoms with Crippen molar-refractivity contribution in [2.45, 2.75) is 30.2 Å². The SMILES string of the molecule is CC(=O)Nc1ccc(S(=O)(=O)NC2(CCl)CC2)cc1. The van der Waals surface area contributed by atoms with E-state index in [1.165, 1.54) is 19.1 Å². The van der Waals surface area contributed by atoms with Crippen molar-refractivity contribution in [1.82, 2.24) is 4.72 Å². The van der Waals surface area contributed by atoms with E-state index in [9.17, 15) is 13.2 Å². The van der Waals surface area contributed by atoms with Crippen LogP contribution in [0.5, 0.6) is 0 Å². The van der Waals surface area contributed by atoms with Crippen LogP contribution in [0.2, 0.25) is 0 Å². The lowest BCUT2D eigenvalue weighted by molar-refractivity contribution is -0.114. The van der Waals surface area contributed by atoms with Crippen LogP contribution < -0.4 is 10.0 Å². The van der Waals surface area contributed by atoms with Gasteiger partial charge in [0.25, 0.3) is 0 Å². The Kier molecular flexibility index (Phi) is 3.85. The lowest BCUT2D eigenvalue weighted by atomic mass is 10.3. The number of carbonyl (C=O) groups is 1. The van der Waals surface area contributed by atoms with Gasteiger partial charge in [0, 0.05) is 24.0 Å². The Morgan fingerprint density at radius 3 is 2.32 bits per heavy atom. The van der Waals surface area contributed by atoms with Crippen LogP contribution in [0.3, 0.4) is 0 Å². The highest BCUT2D eigenvalue weighted by Gasteiger charge is 2.45. The lowest BCUT2D eigenvalue weighted by Crippen LogP contribution is -2.38. The molecule has 0 spiro atoms. The summed E-state index contributed by atoms with van der Waals surface area (Å²) in [5.74, 6) is 0.0729. The highest BCUT2D eigenvalue weighted by molar-refractivity contribution is 7.89. The third kappa shape index (κ3) is 3.46. The second-order valence-corrected chi connectivity index (χ2v) is 6.67. The van der Waals surface area contributed by atoms with Gasteiger partial charge in [-0.25, -0.2) is 13.1 Å². The normalized spacial score (nSPS) is 16.9. The maximum atomic E-state index is 12.1. The van der Waals surface area contributed by atoms with E-state index in [4.69, 9.17) is 11.6 Å². The fourth-order valence-electron chi connectivity index (χ4n) is 1.68. The first-order chi connectivity index (χ1) is 8.87. The Morgan fingerprint density at radius 1 is 1.32 bits per heavy atom. The molecule has 1 aliphatic carbocycles. The van der Waals surface area contributed by atoms with Gasteiger partial charge in [-0.1, -0.05) is 0 Å². The number of hydrogen-bond donors (Lipinski definition) is 2. The standard InChI is InChI=1S/C12H15ClN2O3S/c1-9(16)14-10-2-4-11(5-3-10)19(17,18)15-12(8-13)6-7-12/h2-5,15H,6-8H2,1H3,(H,14,16). The van der Waals surface area contributed by atoms with Gasteiger partial charge < -0.3 is 5.32 Å². The predicted molar refractivity (Wildman–Crippen MR) is 73.8 cm³/mol. The zero-order valence-corrected chi connectivity index (χ0v) is 12.0. The van der Waals surface area contributed by atoms with E-state index in [1.807, 2.05) is 0 Å². The molecule has 0 saturated heterocycles. The third-order valence-electron chi connectivity index (χ3n) is 2.95. The van der Waals surface area contributed by atoms with Crippen molar-refractivity contribution in [2.75, 3.05) is 11.2 Å². The molecule has 0 radical (unpaired) electrons. The predicted octanol–water partition coefficient (Wildman–Crippen LogP) is 1.69. The highest BCUT2D eigenvalue weighted by Crippen LogP contribution is 2.37. The monoisotopic (exact) mass is 302 g/mol. The molecule has 2 rings (SSSR count). The summed E-state index contributed by atoms with van der Waals surface area (Å²) < 4.78 is 26.9. The smallest absolute Gasteiger partial charge is 0.241 e. The summed E-state index contributed by atoms with van der Waals surface area (Å²) in [5, 5.41) is 2.58. The fraction of sp³-hybridized carbons (Fsp3) is 0.417. The van der Waals surface area contributed by atoms with E-state index in [0.717, 1.165) is 12.8 Å². The van der Waals surface area contributed by atoms with Crippen molar-refractivity contribution in [3.05, 3.63) is 24.3 Å². The molecule has 0 unspecified atom stereocenters. The molecule has 0 aliphatic heterocycles. The number of hydrogen-bond acceptors (Lipinski definition) is 3. The molecule has 1 aromatic carbocycles. The quantitative estimate of drug-likeness (QED) is 0.813. The Labute approximate surface area is 117 Å². The van der Waals surface area contributed by atoms with Crippen LogP contribution in [0.25, 0.3) is 0 Å². The number of nitrogens with one attached hydrogen (secondary N) is 2. The molecule has 1 aromatic rings. The van der Waals surface area contributed by atoms with Crippen molar-refractivity contribution in [1.29, 1.82) is 0 Å². The molecular weight excluding hydrogens is 288 g/mol. The van der Waals surface area contributed by atoms with Crippen molar-refractivity contribution < 1.29 is 13.2 Å². The third-order valence-corrected chi connectivity index (χ3v) is 5.05. The molecule has 2 N–H and O–H groups in total. The van der Waals surface area contributed by atoms with E-state index in [1.54, 1.807) is 12.1 Å². The number of amides is 1. The van der Waals surface area contributed by atoms with E-state index in [-0.39, 0.29) is 16.7 Å². The van der Waals surface area contributed by atoms with Crippen LogP contribution in [0, 0.1) is 0 Å². The zero-order chi connectivity index (χ0) is 14.1. The van der Waals surface area contributed by atoms with Crippen LogP contribution in [0.4, 0.5) is 5.69 Å². The fourth-order valence-corrected chi connectivity index (χ4v) is 3.55. The number of halogens is 1. The first-order valence-corrected chi connectivity index (χ1v) is 7.86. The average molecular weight is 303 g/mol. The minimum absolute atomic E-state index is 0.165. The summed E-state index contributed by atoms with van der Waals surface area (Å²) in [7, 11) is -3.56. The van der Waals surface area contributed by atoms with E-state index >= 15 is 0 Å². The van der Waals surface area contributed by atoms with Gasteiger partial charge in [0.2, 0.25) is 15.9 Å². The second-order valence-electron chi connectivity index (χ2n) is 4.73. The summed E-state index contributed by atoms with van der Waals surface area (Å²) in [4.78, 5) is 11.0. The maximum absolute atomic E-state index is 12.1. The van der Waals surface area contributed by atoms with Gasteiger partial charge in [-0.3, -0.25) is 4.79 Å². The molecular formula is C12H15ClN2O3S. The van der Waals surface area contributed by atoms with Crippen LogP contribution in [-0.2, 0) is 14.8 Å². The molecule has 0 aromatic heterocycles. The van der Waals surface area contributed by atoms with Gasteiger partial charge >= 0.3 is 0 Å². The lowest BCUT2D eigenvalue weighted by Gasteiger charge is -2.14. The molecule has 19 heavy (non-hydrogen) atoms. The van der Waals surface area contributed by atoms with Gasteiger partial charge in [-0.05, 0) is 37.1 Å².